The van der Waals surface area contributed by atoms with Crippen molar-refractivity contribution in [2.24, 2.45) is 0 Å². The Morgan fingerprint density at radius 3 is 2.54 bits per heavy atom. The maximum atomic E-state index is 13.0. The Kier molecular flexibility index (Phi) is 8.99. The Balaban J connectivity index is 0.00000338. The molecule has 1 saturated heterocycles. The second-order valence-electron chi connectivity index (χ2n) is 6.09. The fourth-order valence-corrected chi connectivity index (χ4v) is 4.33. The van der Waals surface area contributed by atoms with Crippen LogP contribution in [-0.4, -0.2) is 64.6 Å². The highest BCUT2D eigenvalue weighted by Gasteiger charge is 2.29. The molecule has 0 spiro atoms. The number of ether oxygens (including phenoxy) is 1. The Morgan fingerprint density at radius 2 is 1.96 bits per heavy atom. The summed E-state index contributed by atoms with van der Waals surface area (Å²) in [7, 11) is -1.82. The highest BCUT2D eigenvalue weighted by molar-refractivity contribution is 7.89. The quantitative estimate of drug-likeness (QED) is 0.707. The van der Waals surface area contributed by atoms with Crippen LogP contribution in [0.25, 0.3) is 0 Å². The van der Waals surface area contributed by atoms with E-state index in [2.05, 4.69) is 10.6 Å². The lowest BCUT2D eigenvalue weighted by Gasteiger charge is -2.27. The molecule has 0 radical (unpaired) electrons. The lowest BCUT2D eigenvalue weighted by atomic mass is 10.1. The van der Waals surface area contributed by atoms with E-state index < -0.39 is 10.0 Å². The SMILES string of the molecule is CCc1ccc(C(=O)NCC(C)NC)cc1S(=O)(=O)N1CCOCC1.Cl. The number of aryl methyl sites for hydroxylation is 1. The summed E-state index contributed by atoms with van der Waals surface area (Å²) in [5.74, 6) is -0.275. The molecule has 9 heteroatoms. The Bertz CT molecular complexity index is 706. The van der Waals surface area contributed by atoms with Gasteiger partial charge in [-0.15, -0.1) is 12.4 Å². The molecule has 1 heterocycles. The van der Waals surface area contributed by atoms with Crippen molar-refractivity contribution in [1.82, 2.24) is 14.9 Å². The Hall–Kier alpha value is -1.19. The zero-order chi connectivity index (χ0) is 18.4. The standard InChI is InChI=1S/C17H27N3O4S.ClH/c1-4-14-5-6-15(17(21)19-12-13(2)18-3)11-16(14)25(22,23)20-7-9-24-10-8-20;/h5-6,11,13,18H,4,7-10,12H2,1-3H3,(H,19,21);1H. The first kappa shape index (κ1) is 22.9. The van der Waals surface area contributed by atoms with E-state index in [1.807, 2.05) is 20.9 Å². The van der Waals surface area contributed by atoms with Crippen molar-refractivity contribution in [2.45, 2.75) is 31.2 Å². The number of hydrogen-bond donors (Lipinski definition) is 2. The molecule has 2 N–H and O–H groups in total. The number of halogens is 1. The lowest BCUT2D eigenvalue weighted by molar-refractivity contribution is 0.0730. The number of nitrogens with one attached hydrogen (secondary N) is 2. The largest absolute Gasteiger partial charge is 0.379 e. The summed E-state index contributed by atoms with van der Waals surface area (Å²) in [4.78, 5) is 12.6. The van der Waals surface area contributed by atoms with Crippen LogP contribution in [0.2, 0.25) is 0 Å². The van der Waals surface area contributed by atoms with Gasteiger partial charge in [0.15, 0.2) is 0 Å². The van der Waals surface area contributed by atoms with Crippen LogP contribution >= 0.6 is 12.4 Å². The topological polar surface area (TPSA) is 87.7 Å². The van der Waals surface area contributed by atoms with Crippen LogP contribution in [0.1, 0.15) is 29.8 Å². The van der Waals surface area contributed by atoms with Gasteiger partial charge in [-0.2, -0.15) is 4.31 Å². The van der Waals surface area contributed by atoms with Crippen LogP contribution in [0.3, 0.4) is 0 Å². The molecule has 1 aromatic rings. The van der Waals surface area contributed by atoms with Gasteiger partial charge >= 0.3 is 0 Å². The predicted octanol–water partition coefficient (Wildman–Crippen LogP) is 1.03. The van der Waals surface area contributed by atoms with Crippen molar-refractivity contribution in [2.75, 3.05) is 39.9 Å². The third-order valence-corrected chi connectivity index (χ3v) is 6.34. The van der Waals surface area contributed by atoms with E-state index in [0.29, 0.717) is 50.4 Å². The van der Waals surface area contributed by atoms with Crippen LogP contribution < -0.4 is 10.6 Å². The van der Waals surface area contributed by atoms with Gasteiger partial charge in [-0.25, -0.2) is 8.42 Å². The van der Waals surface area contributed by atoms with Crippen LogP contribution in [0.5, 0.6) is 0 Å². The van der Waals surface area contributed by atoms with Gasteiger partial charge in [0.2, 0.25) is 10.0 Å². The highest BCUT2D eigenvalue weighted by Crippen LogP contribution is 2.23. The van der Waals surface area contributed by atoms with Crippen LogP contribution in [-0.2, 0) is 21.2 Å². The monoisotopic (exact) mass is 405 g/mol. The van der Waals surface area contributed by atoms with Crippen LogP contribution in [0.15, 0.2) is 23.1 Å². The highest BCUT2D eigenvalue weighted by atomic mass is 35.5. The maximum absolute atomic E-state index is 13.0. The number of carbonyl (C=O) groups is 1. The van der Waals surface area contributed by atoms with Gasteiger partial charge < -0.3 is 15.4 Å². The molecule has 26 heavy (non-hydrogen) atoms. The summed E-state index contributed by atoms with van der Waals surface area (Å²) in [5, 5.41) is 5.85. The minimum atomic E-state index is -3.64. The average molecular weight is 406 g/mol. The number of amides is 1. The predicted molar refractivity (Wildman–Crippen MR) is 104 cm³/mol. The zero-order valence-corrected chi connectivity index (χ0v) is 17.1. The number of carbonyl (C=O) groups excluding carboxylic acids is 1. The molecule has 2 rings (SSSR count). The Morgan fingerprint density at radius 1 is 1.31 bits per heavy atom. The summed E-state index contributed by atoms with van der Waals surface area (Å²) >= 11 is 0. The lowest BCUT2D eigenvalue weighted by Crippen LogP contribution is -2.41. The van der Waals surface area contributed by atoms with E-state index in [1.54, 1.807) is 12.1 Å². The van der Waals surface area contributed by atoms with E-state index in [9.17, 15) is 13.2 Å². The van der Waals surface area contributed by atoms with Gasteiger partial charge in [0.05, 0.1) is 18.1 Å². The van der Waals surface area contributed by atoms with E-state index >= 15 is 0 Å². The van der Waals surface area contributed by atoms with Crippen molar-refractivity contribution >= 4 is 28.3 Å². The summed E-state index contributed by atoms with van der Waals surface area (Å²) in [5.41, 5.74) is 1.07. The number of morpholine rings is 1. The van der Waals surface area contributed by atoms with E-state index in [4.69, 9.17) is 4.74 Å². The first-order valence-electron chi connectivity index (χ1n) is 8.56. The summed E-state index contributed by atoms with van der Waals surface area (Å²) < 4.78 is 32.6. The van der Waals surface area contributed by atoms with Gasteiger partial charge in [-0.05, 0) is 38.1 Å². The molecule has 1 fully saturated rings. The van der Waals surface area contributed by atoms with Gasteiger partial charge in [0, 0.05) is 31.2 Å². The number of rotatable bonds is 7. The van der Waals surface area contributed by atoms with E-state index in [0.717, 1.165) is 0 Å². The van der Waals surface area contributed by atoms with Gasteiger partial charge in [0.1, 0.15) is 0 Å². The van der Waals surface area contributed by atoms with Crippen LogP contribution in [0.4, 0.5) is 0 Å². The van der Waals surface area contributed by atoms with Crippen molar-refractivity contribution in [3.8, 4) is 0 Å². The van der Waals surface area contributed by atoms with E-state index in [-0.39, 0.29) is 29.3 Å². The van der Waals surface area contributed by atoms with Gasteiger partial charge in [-0.3, -0.25) is 4.79 Å². The van der Waals surface area contributed by atoms with Crippen molar-refractivity contribution < 1.29 is 17.9 Å². The zero-order valence-electron chi connectivity index (χ0n) is 15.4. The minimum Gasteiger partial charge on any atom is -0.379 e. The molecule has 0 aromatic heterocycles. The average Bonchev–Trinajstić information content (AvgIpc) is 2.65. The summed E-state index contributed by atoms with van der Waals surface area (Å²) in [6.07, 6.45) is 0.581. The maximum Gasteiger partial charge on any atom is 0.251 e. The second-order valence-corrected chi connectivity index (χ2v) is 8.00. The molecule has 1 amide bonds. The number of nitrogens with zero attached hydrogens (tertiary/aromatic N) is 1. The van der Waals surface area contributed by atoms with Gasteiger partial charge in [-0.1, -0.05) is 13.0 Å². The summed E-state index contributed by atoms with van der Waals surface area (Å²) in [6, 6.07) is 5.03. The smallest absolute Gasteiger partial charge is 0.251 e. The molecule has 0 saturated carbocycles. The van der Waals surface area contributed by atoms with Crippen LogP contribution in [0, 0.1) is 0 Å². The van der Waals surface area contributed by atoms with Gasteiger partial charge in [0.25, 0.3) is 5.91 Å². The first-order valence-corrected chi connectivity index (χ1v) is 10.0. The fourth-order valence-electron chi connectivity index (χ4n) is 2.60. The molecule has 1 atom stereocenters. The van der Waals surface area contributed by atoms with Crippen molar-refractivity contribution in [3.63, 3.8) is 0 Å². The third kappa shape index (κ3) is 5.40. The molecular formula is C17H28ClN3O4S. The molecule has 1 unspecified atom stereocenters. The van der Waals surface area contributed by atoms with E-state index in [1.165, 1.54) is 10.4 Å². The molecule has 1 aliphatic rings. The molecule has 0 aliphatic carbocycles. The minimum absolute atomic E-state index is 0. The number of likely N-dealkylation sites (N-methyl/N-ethyl adjacent to an activating group) is 1. The first-order chi connectivity index (χ1) is 11.9. The Labute approximate surface area is 161 Å². The molecule has 1 aliphatic heterocycles. The van der Waals surface area contributed by atoms with Crippen molar-refractivity contribution in [1.29, 1.82) is 0 Å². The summed E-state index contributed by atoms with van der Waals surface area (Å²) in [6.45, 7) is 5.78. The second kappa shape index (κ2) is 10.2. The molecular weight excluding hydrogens is 378 g/mol. The molecule has 7 nitrogen and oxygen atoms in total. The number of hydrogen-bond acceptors (Lipinski definition) is 5. The molecule has 1 aromatic carbocycles. The van der Waals surface area contributed by atoms with Crippen molar-refractivity contribution in [3.05, 3.63) is 29.3 Å². The normalized spacial score (nSPS) is 16.6. The number of sulfonamides is 1. The number of benzene rings is 1. The fraction of sp³-hybridized carbons (Fsp3) is 0.588. The third-order valence-electron chi connectivity index (χ3n) is 4.36. The molecule has 148 valence electrons. The molecule has 0 bridgehead atoms.